The average molecular weight is 419 g/mol. The van der Waals surface area contributed by atoms with Gasteiger partial charge in [-0.05, 0) is 49.2 Å². The maximum atomic E-state index is 13.1. The number of benzene rings is 2. The normalized spacial score (nSPS) is 14.0. The first-order valence-electron chi connectivity index (χ1n) is 9.62. The number of hydrazine groups is 2. The number of para-hydroxylation sites is 1. The number of rotatable bonds is 6. The topological polar surface area (TPSA) is 59.6 Å². The van der Waals surface area contributed by atoms with Crippen LogP contribution < -0.4 is 21.2 Å². The third kappa shape index (κ3) is 5.24. The maximum Gasteiger partial charge on any atom is 0.418 e. The predicted molar refractivity (Wildman–Crippen MR) is 112 cm³/mol. The van der Waals surface area contributed by atoms with E-state index in [9.17, 15) is 18.0 Å². The van der Waals surface area contributed by atoms with E-state index in [1.807, 2.05) is 23.3 Å². The number of hydrogen-bond acceptors (Lipinski definition) is 4. The number of carbonyl (C=O) groups excluding carboxylic acids is 1. The number of nitrogens with zero attached hydrogens (tertiary/aromatic N) is 2. The zero-order valence-electron chi connectivity index (χ0n) is 16.8. The molecule has 3 rings (SSSR count). The Morgan fingerprint density at radius 1 is 1.07 bits per heavy atom. The highest BCUT2D eigenvalue weighted by atomic mass is 19.4. The summed E-state index contributed by atoms with van der Waals surface area (Å²) < 4.78 is 39.2. The number of carbonyl (C=O) groups is 1. The van der Waals surface area contributed by atoms with Crippen molar-refractivity contribution in [2.45, 2.75) is 32.4 Å². The Kier molecular flexibility index (Phi) is 6.51. The zero-order chi connectivity index (χ0) is 21.7. The molecule has 1 aliphatic rings. The summed E-state index contributed by atoms with van der Waals surface area (Å²) in [5, 5.41) is 8.63. The van der Waals surface area contributed by atoms with Crippen molar-refractivity contribution in [1.29, 1.82) is 0 Å². The first-order chi connectivity index (χ1) is 14.3. The van der Waals surface area contributed by atoms with Crippen molar-refractivity contribution in [2.24, 2.45) is 0 Å². The van der Waals surface area contributed by atoms with E-state index >= 15 is 0 Å². The number of hydrogen-bond donors (Lipinski definition) is 3. The average Bonchev–Trinajstić information content (AvgIpc) is 3.07. The molecule has 6 nitrogen and oxygen atoms in total. The first kappa shape index (κ1) is 21.5. The minimum atomic E-state index is -4.55. The van der Waals surface area contributed by atoms with Gasteiger partial charge in [0.1, 0.15) is 0 Å². The molecule has 9 heteroatoms. The van der Waals surface area contributed by atoms with Crippen LogP contribution in [-0.4, -0.2) is 18.1 Å². The Morgan fingerprint density at radius 2 is 1.77 bits per heavy atom. The van der Waals surface area contributed by atoms with Crippen molar-refractivity contribution < 1.29 is 18.0 Å². The number of unbranched alkanes of at least 4 members (excludes halogenated alkanes) is 1. The summed E-state index contributed by atoms with van der Waals surface area (Å²) in [6, 6.07) is 11.1. The van der Waals surface area contributed by atoms with Gasteiger partial charge in [0.2, 0.25) is 0 Å². The summed E-state index contributed by atoms with van der Waals surface area (Å²) in [7, 11) is 1.94. The van der Waals surface area contributed by atoms with Gasteiger partial charge in [-0.15, -0.1) is 5.53 Å². The number of anilines is 3. The van der Waals surface area contributed by atoms with Crippen molar-refractivity contribution in [1.82, 2.24) is 10.5 Å². The molecule has 2 aromatic rings. The van der Waals surface area contributed by atoms with Crippen molar-refractivity contribution >= 4 is 23.1 Å². The molecule has 0 saturated heterocycles. The Labute approximate surface area is 173 Å². The van der Waals surface area contributed by atoms with Gasteiger partial charge in [-0.3, -0.25) is 10.0 Å². The van der Waals surface area contributed by atoms with Crippen LogP contribution in [0.25, 0.3) is 0 Å². The lowest BCUT2D eigenvalue weighted by molar-refractivity contribution is -0.136. The van der Waals surface area contributed by atoms with Crippen LogP contribution in [0.2, 0.25) is 0 Å². The van der Waals surface area contributed by atoms with E-state index in [0.717, 1.165) is 31.0 Å². The molecule has 0 unspecified atom stereocenters. The fraction of sp³-hybridized carbons (Fsp3) is 0.286. The molecule has 2 aromatic carbocycles. The van der Waals surface area contributed by atoms with Gasteiger partial charge in [0.15, 0.2) is 0 Å². The lowest BCUT2D eigenvalue weighted by Gasteiger charge is -2.21. The molecule has 30 heavy (non-hydrogen) atoms. The Morgan fingerprint density at radius 3 is 2.43 bits per heavy atom. The van der Waals surface area contributed by atoms with Crippen LogP contribution >= 0.6 is 0 Å². The van der Waals surface area contributed by atoms with Gasteiger partial charge in [-0.2, -0.15) is 13.2 Å². The van der Waals surface area contributed by atoms with Crippen molar-refractivity contribution in [3.63, 3.8) is 0 Å². The van der Waals surface area contributed by atoms with Crippen LogP contribution in [0.5, 0.6) is 0 Å². The van der Waals surface area contributed by atoms with Crippen molar-refractivity contribution in [2.75, 3.05) is 22.7 Å². The number of halogens is 3. The largest absolute Gasteiger partial charge is 0.418 e. The standard InChI is InChI=1S/C21H24F3N5O/c1-3-4-7-17-14-29(27-28(17)2)16-12-10-15(11-13-16)25-20(30)26-19-9-6-5-8-18(19)21(22,23)24/h5-6,8-14,27H,3-4,7H2,1-2H3,(H2,25,26,30). The molecule has 2 amide bonds. The summed E-state index contributed by atoms with van der Waals surface area (Å²) in [5.74, 6) is 0. The fourth-order valence-corrected chi connectivity index (χ4v) is 3.04. The lowest BCUT2D eigenvalue weighted by atomic mass is 10.1. The molecular formula is C21H24F3N5O. The molecule has 1 aliphatic heterocycles. The zero-order valence-corrected chi connectivity index (χ0v) is 16.8. The highest BCUT2D eigenvalue weighted by molar-refractivity contribution is 6.00. The Bertz CT molecular complexity index is 912. The monoisotopic (exact) mass is 419 g/mol. The fourth-order valence-electron chi connectivity index (χ4n) is 3.04. The Hall–Kier alpha value is -3.20. The molecule has 1 heterocycles. The van der Waals surface area contributed by atoms with E-state index in [1.54, 1.807) is 24.3 Å². The minimum Gasteiger partial charge on any atom is -0.308 e. The molecule has 0 fully saturated rings. The quantitative estimate of drug-likeness (QED) is 0.574. The van der Waals surface area contributed by atoms with E-state index in [2.05, 4.69) is 23.1 Å². The highest BCUT2D eigenvalue weighted by Crippen LogP contribution is 2.34. The molecule has 0 radical (unpaired) electrons. The smallest absolute Gasteiger partial charge is 0.308 e. The number of urea groups is 1. The van der Waals surface area contributed by atoms with E-state index in [0.29, 0.717) is 5.69 Å². The Balaban J connectivity index is 1.63. The third-order valence-corrected chi connectivity index (χ3v) is 4.64. The van der Waals surface area contributed by atoms with E-state index < -0.39 is 17.8 Å². The van der Waals surface area contributed by atoms with Crippen LogP contribution in [0.4, 0.5) is 35.0 Å². The molecule has 0 bridgehead atoms. The van der Waals surface area contributed by atoms with Gasteiger partial charge < -0.3 is 10.6 Å². The number of allylic oxidation sites excluding steroid dienone is 1. The van der Waals surface area contributed by atoms with Gasteiger partial charge in [0, 0.05) is 24.6 Å². The second-order valence-electron chi connectivity index (χ2n) is 6.92. The number of nitrogens with one attached hydrogen (secondary N) is 3. The van der Waals surface area contributed by atoms with Crippen molar-refractivity contribution in [3.8, 4) is 0 Å². The second-order valence-corrected chi connectivity index (χ2v) is 6.92. The summed E-state index contributed by atoms with van der Waals surface area (Å²) >= 11 is 0. The second kappa shape index (κ2) is 9.08. The van der Waals surface area contributed by atoms with E-state index in [1.165, 1.54) is 23.9 Å². The van der Waals surface area contributed by atoms with Gasteiger partial charge in [-0.1, -0.05) is 25.5 Å². The summed E-state index contributed by atoms with van der Waals surface area (Å²) in [5.41, 5.74) is 4.51. The maximum absolute atomic E-state index is 13.1. The molecule has 3 N–H and O–H groups in total. The van der Waals surface area contributed by atoms with Crippen LogP contribution in [0.1, 0.15) is 31.7 Å². The van der Waals surface area contributed by atoms with Gasteiger partial charge in [0.05, 0.1) is 16.9 Å². The van der Waals surface area contributed by atoms with Crippen molar-refractivity contribution in [3.05, 3.63) is 66.0 Å². The molecule has 0 spiro atoms. The van der Waals surface area contributed by atoms with Gasteiger partial charge in [0.25, 0.3) is 0 Å². The summed E-state index contributed by atoms with van der Waals surface area (Å²) in [4.78, 5) is 12.2. The summed E-state index contributed by atoms with van der Waals surface area (Å²) in [6.07, 6.45) is 0.641. The van der Waals surface area contributed by atoms with Crippen LogP contribution in [-0.2, 0) is 6.18 Å². The predicted octanol–water partition coefficient (Wildman–Crippen LogP) is 5.55. The lowest BCUT2D eigenvalue weighted by Crippen LogP contribution is -2.38. The summed E-state index contributed by atoms with van der Waals surface area (Å²) in [6.45, 7) is 2.14. The van der Waals surface area contributed by atoms with Gasteiger partial charge >= 0.3 is 12.2 Å². The van der Waals surface area contributed by atoms with Crippen LogP contribution in [0, 0.1) is 0 Å². The van der Waals surface area contributed by atoms with E-state index in [4.69, 9.17) is 0 Å². The van der Waals surface area contributed by atoms with Crippen LogP contribution in [0.15, 0.2) is 60.4 Å². The molecule has 0 aliphatic carbocycles. The third-order valence-electron chi connectivity index (χ3n) is 4.64. The van der Waals surface area contributed by atoms with Gasteiger partial charge in [-0.25, -0.2) is 4.79 Å². The first-order valence-corrected chi connectivity index (χ1v) is 9.62. The number of alkyl halides is 3. The molecule has 0 aromatic heterocycles. The molecule has 0 saturated carbocycles. The minimum absolute atomic E-state index is 0.298. The number of amides is 2. The SMILES string of the molecule is CCCCC1=CN(c2ccc(NC(=O)Nc3ccccc3C(F)(F)F)cc2)NN1C. The van der Waals surface area contributed by atoms with E-state index in [-0.39, 0.29) is 5.69 Å². The highest BCUT2D eigenvalue weighted by Gasteiger charge is 2.33. The molecular weight excluding hydrogens is 395 g/mol. The molecule has 160 valence electrons. The molecule has 0 atom stereocenters. The van der Waals surface area contributed by atoms with Crippen LogP contribution in [0.3, 0.4) is 0 Å².